The number of hydrogen-bond donors (Lipinski definition) is 1. The Bertz CT molecular complexity index is 6.00. The van der Waals surface area contributed by atoms with E-state index < -0.39 is 0 Å². The SMILES string of the molecule is C[17O]CO. The molecule has 2 nitrogen and oxygen atoms in total. The maximum atomic E-state index is 7.65. The Kier molecular flexibility index (Phi) is 2.86. The van der Waals surface area contributed by atoms with E-state index in [0.717, 1.165) is 0 Å². The van der Waals surface area contributed by atoms with Crippen molar-refractivity contribution < 1.29 is 9.84 Å². The summed E-state index contributed by atoms with van der Waals surface area (Å²) in [6.45, 7) is -0.181. The van der Waals surface area contributed by atoms with E-state index in [1.165, 1.54) is 7.11 Å². The minimum absolute atomic E-state index is 0.181. The first kappa shape index (κ1) is 3.92. The fraction of sp³-hybridized carbons (Fsp3) is 1.00. The van der Waals surface area contributed by atoms with Gasteiger partial charge in [0, 0.05) is 7.11 Å². The standard InChI is InChI=1S/C2H6O2/c1-4-2-3/h3H,2H2,1H3/i4+1. The van der Waals surface area contributed by atoms with Crippen LogP contribution in [0.4, 0.5) is 0 Å². The van der Waals surface area contributed by atoms with Crippen LogP contribution in [0, 0.1) is 0 Å². The largest absolute Gasteiger partial charge is 0.371 e. The Morgan fingerprint density at radius 2 is 2.25 bits per heavy atom. The highest BCUT2D eigenvalue weighted by molar-refractivity contribution is 3.72. The van der Waals surface area contributed by atoms with E-state index in [9.17, 15) is 0 Å². The quantitative estimate of drug-likeness (QED) is 0.419. The van der Waals surface area contributed by atoms with E-state index in [-0.39, 0.29) is 6.79 Å². The predicted octanol–water partition coefficient (Wildman–Crippen LogP) is -0.417. The van der Waals surface area contributed by atoms with Crippen molar-refractivity contribution >= 4 is 0 Å². The van der Waals surface area contributed by atoms with Crippen LogP contribution in [0.3, 0.4) is 0 Å². The smallest absolute Gasteiger partial charge is 0.143 e. The summed E-state index contributed by atoms with van der Waals surface area (Å²) in [5.74, 6) is 0. The van der Waals surface area contributed by atoms with E-state index >= 15 is 0 Å². The molecule has 0 fully saturated rings. The van der Waals surface area contributed by atoms with Crippen molar-refractivity contribution in [2.75, 3.05) is 13.9 Å². The van der Waals surface area contributed by atoms with Crippen LogP contribution in [0.5, 0.6) is 0 Å². The van der Waals surface area contributed by atoms with Crippen molar-refractivity contribution in [3.63, 3.8) is 0 Å². The van der Waals surface area contributed by atoms with Crippen molar-refractivity contribution in [2.45, 2.75) is 0 Å². The molecule has 1 N–H and O–H groups in total. The average molecular weight is 63.1 g/mol. The second kappa shape index (κ2) is 2.92. The molecule has 0 aliphatic heterocycles. The molecule has 0 amide bonds. The van der Waals surface area contributed by atoms with Gasteiger partial charge >= 0.3 is 0 Å². The molecule has 0 saturated heterocycles. The topological polar surface area (TPSA) is 29.5 Å². The van der Waals surface area contributed by atoms with Gasteiger partial charge < -0.3 is 9.84 Å². The Balaban J connectivity index is 1.97. The van der Waals surface area contributed by atoms with E-state index in [2.05, 4.69) is 4.74 Å². The molecule has 0 spiro atoms. The highest BCUT2D eigenvalue weighted by Gasteiger charge is 1.51. The van der Waals surface area contributed by atoms with Gasteiger partial charge in [0.25, 0.3) is 0 Å². The van der Waals surface area contributed by atoms with Crippen molar-refractivity contribution in [3.05, 3.63) is 0 Å². The van der Waals surface area contributed by atoms with Gasteiger partial charge in [0.05, 0.1) is 0 Å². The molecule has 4 heavy (non-hydrogen) atoms. The van der Waals surface area contributed by atoms with Crippen LogP contribution in [-0.4, -0.2) is 19.0 Å². The molecular weight excluding hydrogens is 57.0 g/mol. The van der Waals surface area contributed by atoms with Crippen LogP contribution in [0.25, 0.3) is 0 Å². The van der Waals surface area contributed by atoms with Gasteiger partial charge in [0.15, 0.2) is 0 Å². The number of rotatable bonds is 1. The molecule has 0 atom stereocenters. The van der Waals surface area contributed by atoms with E-state index in [1.54, 1.807) is 0 Å². The zero-order valence-corrected chi connectivity index (χ0v) is 2.56. The maximum Gasteiger partial charge on any atom is 0.143 e. The number of ether oxygens (including phenoxy) is 1. The number of aliphatic hydroxyl groups is 1. The lowest BCUT2D eigenvalue weighted by Crippen LogP contribution is -1.79. The monoisotopic (exact) mass is 63.0 g/mol. The molecule has 0 radical (unpaired) electrons. The molecule has 2 heteroatoms. The third-order valence-electron chi connectivity index (χ3n) is 0.129. The Morgan fingerprint density at radius 1 is 2.00 bits per heavy atom. The molecule has 0 aliphatic carbocycles. The van der Waals surface area contributed by atoms with Crippen LogP contribution in [0.15, 0.2) is 0 Å². The number of hydrogen-bond acceptors (Lipinski definition) is 2. The highest BCUT2D eigenvalue weighted by Crippen LogP contribution is 1.46. The van der Waals surface area contributed by atoms with Gasteiger partial charge in [-0.15, -0.1) is 0 Å². The number of methoxy groups -OCH3 is 1. The van der Waals surface area contributed by atoms with Crippen LogP contribution in [0.2, 0.25) is 0 Å². The minimum Gasteiger partial charge on any atom is -0.371 e. The normalized spacial score (nSPS) is 7.50. The van der Waals surface area contributed by atoms with Gasteiger partial charge in [-0.1, -0.05) is 0 Å². The first-order chi connectivity index (χ1) is 1.91. The third-order valence-corrected chi connectivity index (χ3v) is 0.129. The first-order valence-corrected chi connectivity index (χ1v) is 1.01. The summed E-state index contributed by atoms with van der Waals surface area (Å²) in [5.41, 5.74) is 0. The molecule has 0 unspecified atom stereocenters. The molecule has 0 aromatic heterocycles. The minimum atomic E-state index is -0.181. The van der Waals surface area contributed by atoms with Crippen LogP contribution >= 0.6 is 0 Å². The fourth-order valence-corrected chi connectivity index (χ4v) is 0. The summed E-state index contributed by atoms with van der Waals surface area (Å²) < 4.78 is 4.10. The molecule has 0 heterocycles. The maximum absolute atomic E-state index is 7.65. The van der Waals surface area contributed by atoms with Gasteiger partial charge in [0.1, 0.15) is 6.79 Å². The molecular formula is C2H6O2. The molecule has 0 saturated carbocycles. The lowest BCUT2D eigenvalue weighted by molar-refractivity contribution is 0.0325. The Labute approximate surface area is 25.0 Å². The van der Waals surface area contributed by atoms with E-state index in [1.807, 2.05) is 0 Å². The molecule has 0 bridgehead atoms. The van der Waals surface area contributed by atoms with Gasteiger partial charge in [0.2, 0.25) is 0 Å². The summed E-state index contributed by atoms with van der Waals surface area (Å²) in [6, 6.07) is 0. The van der Waals surface area contributed by atoms with Gasteiger partial charge in [-0.2, -0.15) is 0 Å². The van der Waals surface area contributed by atoms with Crippen molar-refractivity contribution in [3.8, 4) is 0 Å². The lowest BCUT2D eigenvalue weighted by Gasteiger charge is -1.76. The van der Waals surface area contributed by atoms with E-state index in [4.69, 9.17) is 5.11 Å². The number of aliphatic hydroxyl groups excluding tert-OH is 1. The molecule has 0 rings (SSSR count). The second-order valence-corrected chi connectivity index (χ2v) is 0.418. The van der Waals surface area contributed by atoms with Crippen LogP contribution in [-0.2, 0) is 4.74 Å². The van der Waals surface area contributed by atoms with Crippen molar-refractivity contribution in [1.29, 1.82) is 0 Å². The van der Waals surface area contributed by atoms with Crippen molar-refractivity contribution in [1.82, 2.24) is 0 Å². The van der Waals surface area contributed by atoms with Crippen LogP contribution in [0.1, 0.15) is 0 Å². The molecule has 0 aliphatic rings. The zero-order valence-electron chi connectivity index (χ0n) is 2.56. The van der Waals surface area contributed by atoms with Crippen molar-refractivity contribution in [2.24, 2.45) is 0 Å². The average Bonchev–Trinajstić information content (AvgIpc) is 1.37. The van der Waals surface area contributed by atoms with Gasteiger partial charge in [-0.3, -0.25) is 0 Å². The molecule has 0 aromatic rings. The van der Waals surface area contributed by atoms with Gasteiger partial charge in [-0.25, -0.2) is 0 Å². The summed E-state index contributed by atoms with van der Waals surface area (Å²) in [6.07, 6.45) is 0. The third kappa shape index (κ3) is 1.92. The second-order valence-electron chi connectivity index (χ2n) is 0.418. The summed E-state index contributed by atoms with van der Waals surface area (Å²) in [4.78, 5) is 0. The molecule has 0 aromatic carbocycles. The van der Waals surface area contributed by atoms with E-state index in [0.29, 0.717) is 0 Å². The van der Waals surface area contributed by atoms with Gasteiger partial charge in [-0.05, 0) is 0 Å². The van der Waals surface area contributed by atoms with Crippen LogP contribution < -0.4 is 0 Å². The summed E-state index contributed by atoms with van der Waals surface area (Å²) in [7, 11) is 1.43. The summed E-state index contributed by atoms with van der Waals surface area (Å²) in [5, 5.41) is 7.65. The first-order valence-electron chi connectivity index (χ1n) is 1.01. The lowest BCUT2D eigenvalue weighted by atomic mass is 11.5. The zero-order chi connectivity index (χ0) is 3.41. The summed E-state index contributed by atoms with van der Waals surface area (Å²) >= 11 is 0. The highest BCUT2D eigenvalue weighted by atomic mass is 17.4. The Morgan fingerprint density at radius 3 is 2.25 bits per heavy atom. The Hall–Kier alpha value is -0.0800. The fourth-order valence-electron chi connectivity index (χ4n) is 0. The predicted molar refractivity (Wildman–Crippen MR) is 14.1 cm³/mol. The molecule has 26 valence electrons.